The van der Waals surface area contributed by atoms with E-state index in [0.717, 1.165) is 0 Å². The summed E-state index contributed by atoms with van der Waals surface area (Å²) in [6.45, 7) is 5.12. The fourth-order valence-electron chi connectivity index (χ4n) is 1.97. The molecule has 0 aromatic carbocycles. The zero-order valence-corrected chi connectivity index (χ0v) is 11.4. The van der Waals surface area contributed by atoms with Gasteiger partial charge in [0.1, 0.15) is 6.04 Å². The Morgan fingerprint density at radius 1 is 1.45 bits per heavy atom. The number of hydrogen-bond donors (Lipinski definition) is 2. The van der Waals surface area contributed by atoms with Crippen molar-refractivity contribution in [2.75, 3.05) is 0 Å². The molecule has 0 saturated heterocycles. The van der Waals surface area contributed by atoms with Crippen molar-refractivity contribution >= 4 is 23.0 Å². The maximum Gasteiger partial charge on any atom is 0.326 e. The number of aliphatic carboxylic acids is 1. The zero-order valence-electron chi connectivity index (χ0n) is 11.4. The molecule has 2 aromatic heterocycles. The molecule has 106 valence electrons. The van der Waals surface area contributed by atoms with Crippen molar-refractivity contribution in [1.82, 2.24) is 15.5 Å². The molecule has 0 aliphatic carbocycles. The number of pyridine rings is 1. The van der Waals surface area contributed by atoms with Crippen LogP contribution in [0.15, 0.2) is 10.6 Å². The van der Waals surface area contributed by atoms with Crippen molar-refractivity contribution < 1.29 is 19.2 Å². The summed E-state index contributed by atoms with van der Waals surface area (Å²) in [6.07, 6.45) is 0.302. The second-order valence-corrected chi connectivity index (χ2v) is 4.53. The summed E-state index contributed by atoms with van der Waals surface area (Å²) >= 11 is 0. The molecule has 0 unspecified atom stereocenters. The number of nitrogens with zero attached hydrogens (tertiary/aromatic N) is 2. The Bertz CT molecular complexity index is 678. The topological polar surface area (TPSA) is 105 Å². The lowest BCUT2D eigenvalue weighted by atomic mass is 10.1. The van der Waals surface area contributed by atoms with Gasteiger partial charge in [-0.2, -0.15) is 0 Å². The number of carboxylic acids is 1. The molecular formula is C13H15N3O4. The number of amides is 1. The predicted octanol–water partition coefficient (Wildman–Crippen LogP) is 1.43. The number of fused-ring (bicyclic) bond motifs is 1. The Hall–Kier alpha value is -2.44. The average Bonchev–Trinajstić information content (AvgIpc) is 2.75. The quantitative estimate of drug-likeness (QED) is 0.875. The highest BCUT2D eigenvalue weighted by Crippen LogP contribution is 2.21. The smallest absolute Gasteiger partial charge is 0.326 e. The van der Waals surface area contributed by atoms with Gasteiger partial charge in [0.05, 0.1) is 16.6 Å². The Balaban J connectivity index is 2.44. The van der Waals surface area contributed by atoms with E-state index in [0.29, 0.717) is 28.8 Å². The highest BCUT2D eigenvalue weighted by molar-refractivity contribution is 6.07. The number of aromatic nitrogens is 2. The number of carboxylic acid groups (broad SMARTS) is 1. The maximum atomic E-state index is 12.3. The number of carbonyl (C=O) groups is 2. The fraction of sp³-hybridized carbons (Fsp3) is 0.385. The SMILES string of the molecule is CC[C@@H](NC(=O)c1cc(C)nc2onc(C)c12)C(=O)O. The van der Waals surface area contributed by atoms with E-state index < -0.39 is 17.9 Å². The number of hydrogen-bond acceptors (Lipinski definition) is 5. The lowest BCUT2D eigenvalue weighted by molar-refractivity contribution is -0.139. The molecule has 0 aliphatic rings. The van der Waals surface area contributed by atoms with Crippen LogP contribution in [0.2, 0.25) is 0 Å². The van der Waals surface area contributed by atoms with Gasteiger partial charge >= 0.3 is 5.97 Å². The molecule has 0 saturated carbocycles. The third-order valence-electron chi connectivity index (χ3n) is 3.00. The molecule has 0 radical (unpaired) electrons. The summed E-state index contributed by atoms with van der Waals surface area (Å²) < 4.78 is 5.04. The van der Waals surface area contributed by atoms with Crippen LogP contribution in [0.1, 0.15) is 35.1 Å². The molecule has 2 heterocycles. The van der Waals surface area contributed by atoms with Gasteiger partial charge in [0.2, 0.25) is 0 Å². The molecule has 2 rings (SSSR count). The Morgan fingerprint density at radius 3 is 2.75 bits per heavy atom. The summed E-state index contributed by atoms with van der Waals surface area (Å²) in [5.74, 6) is -1.54. The van der Waals surface area contributed by atoms with Gasteiger partial charge in [0, 0.05) is 5.69 Å². The summed E-state index contributed by atoms with van der Waals surface area (Å²) in [7, 11) is 0. The molecule has 2 N–H and O–H groups in total. The number of carbonyl (C=O) groups excluding carboxylic acids is 1. The average molecular weight is 277 g/mol. The van der Waals surface area contributed by atoms with E-state index in [1.165, 1.54) is 0 Å². The van der Waals surface area contributed by atoms with Crippen LogP contribution in [0.4, 0.5) is 0 Å². The van der Waals surface area contributed by atoms with Crippen LogP contribution >= 0.6 is 0 Å². The van der Waals surface area contributed by atoms with Gasteiger partial charge in [-0.3, -0.25) is 4.79 Å². The largest absolute Gasteiger partial charge is 0.480 e. The minimum absolute atomic E-state index is 0.274. The van der Waals surface area contributed by atoms with Crippen LogP contribution in [0, 0.1) is 13.8 Å². The van der Waals surface area contributed by atoms with E-state index in [1.807, 2.05) is 0 Å². The van der Waals surface area contributed by atoms with Crippen molar-refractivity contribution in [1.29, 1.82) is 0 Å². The summed E-state index contributed by atoms with van der Waals surface area (Å²) in [5, 5.41) is 15.8. The fourth-order valence-corrected chi connectivity index (χ4v) is 1.97. The third kappa shape index (κ3) is 2.47. The monoisotopic (exact) mass is 277 g/mol. The van der Waals surface area contributed by atoms with Crippen LogP contribution in [0.5, 0.6) is 0 Å². The molecule has 1 atom stereocenters. The molecule has 7 heteroatoms. The van der Waals surface area contributed by atoms with Crippen molar-refractivity contribution in [3.05, 3.63) is 23.0 Å². The van der Waals surface area contributed by atoms with E-state index in [1.54, 1.807) is 26.8 Å². The van der Waals surface area contributed by atoms with E-state index in [9.17, 15) is 9.59 Å². The lowest BCUT2D eigenvalue weighted by Gasteiger charge is -2.12. The van der Waals surface area contributed by atoms with Gasteiger partial charge in [-0.1, -0.05) is 12.1 Å². The molecule has 1 amide bonds. The molecule has 0 bridgehead atoms. The molecule has 0 spiro atoms. The van der Waals surface area contributed by atoms with E-state index >= 15 is 0 Å². The molecule has 2 aromatic rings. The molecular weight excluding hydrogens is 262 g/mol. The second-order valence-electron chi connectivity index (χ2n) is 4.53. The molecule has 0 aliphatic heterocycles. The van der Waals surface area contributed by atoms with Crippen molar-refractivity contribution in [2.24, 2.45) is 0 Å². The summed E-state index contributed by atoms with van der Waals surface area (Å²) in [4.78, 5) is 27.4. The Kier molecular flexibility index (Phi) is 3.69. The van der Waals surface area contributed by atoms with Crippen LogP contribution in [-0.2, 0) is 4.79 Å². The summed E-state index contributed by atoms with van der Waals surface area (Å²) in [5.41, 5.74) is 1.74. The highest BCUT2D eigenvalue weighted by Gasteiger charge is 2.22. The van der Waals surface area contributed by atoms with Crippen molar-refractivity contribution in [3.8, 4) is 0 Å². The third-order valence-corrected chi connectivity index (χ3v) is 3.00. The van der Waals surface area contributed by atoms with E-state index in [-0.39, 0.29) is 5.71 Å². The van der Waals surface area contributed by atoms with E-state index in [2.05, 4.69) is 15.5 Å². The first kappa shape index (κ1) is 14.0. The van der Waals surface area contributed by atoms with Gasteiger partial charge in [0.25, 0.3) is 11.6 Å². The zero-order chi connectivity index (χ0) is 14.9. The first-order valence-corrected chi connectivity index (χ1v) is 6.21. The van der Waals surface area contributed by atoms with Gasteiger partial charge in [-0.15, -0.1) is 0 Å². The van der Waals surface area contributed by atoms with Crippen molar-refractivity contribution in [3.63, 3.8) is 0 Å². The van der Waals surface area contributed by atoms with Crippen LogP contribution in [-0.4, -0.2) is 33.2 Å². The minimum atomic E-state index is -1.06. The number of rotatable bonds is 4. The molecule has 0 fully saturated rings. The minimum Gasteiger partial charge on any atom is -0.480 e. The highest BCUT2D eigenvalue weighted by atomic mass is 16.5. The predicted molar refractivity (Wildman–Crippen MR) is 70.5 cm³/mol. The van der Waals surface area contributed by atoms with Gasteiger partial charge in [-0.25, -0.2) is 9.78 Å². The Labute approximate surface area is 115 Å². The van der Waals surface area contributed by atoms with E-state index in [4.69, 9.17) is 9.63 Å². The molecule has 20 heavy (non-hydrogen) atoms. The first-order valence-electron chi connectivity index (χ1n) is 6.21. The van der Waals surface area contributed by atoms with Gasteiger partial charge in [-0.05, 0) is 26.3 Å². The first-order chi connectivity index (χ1) is 9.43. The van der Waals surface area contributed by atoms with Crippen LogP contribution in [0.3, 0.4) is 0 Å². The van der Waals surface area contributed by atoms with Gasteiger partial charge in [0.15, 0.2) is 0 Å². The molecule has 7 nitrogen and oxygen atoms in total. The normalized spacial score (nSPS) is 12.3. The van der Waals surface area contributed by atoms with Crippen LogP contribution in [0.25, 0.3) is 11.1 Å². The second kappa shape index (κ2) is 5.28. The maximum absolute atomic E-state index is 12.3. The van der Waals surface area contributed by atoms with Crippen LogP contribution < -0.4 is 5.32 Å². The number of aryl methyl sites for hydroxylation is 2. The number of nitrogens with one attached hydrogen (secondary N) is 1. The lowest BCUT2D eigenvalue weighted by Crippen LogP contribution is -2.40. The Morgan fingerprint density at radius 2 is 2.15 bits per heavy atom. The standard InChI is InChI=1S/C13H15N3O4/c1-4-9(13(18)19)15-11(17)8-5-6(2)14-12-10(8)7(3)16-20-12/h5,9H,4H2,1-3H3,(H,15,17)(H,18,19)/t9-/m1/s1. The summed E-state index contributed by atoms with van der Waals surface area (Å²) in [6, 6.07) is 0.669. The van der Waals surface area contributed by atoms with Gasteiger partial charge < -0.3 is 14.9 Å². The van der Waals surface area contributed by atoms with Crippen molar-refractivity contribution in [2.45, 2.75) is 33.2 Å².